The predicted molar refractivity (Wildman–Crippen MR) is 123 cm³/mol. The molecule has 1 aromatic heterocycles. The maximum Gasteiger partial charge on any atom is 0.221 e. The largest absolute Gasteiger partial charge is 0.344 e. The number of hydrogen-bond acceptors (Lipinski definition) is 4. The molecule has 0 saturated carbocycles. The second-order valence-electron chi connectivity index (χ2n) is 7.39. The highest BCUT2D eigenvalue weighted by atomic mass is 32.2. The second-order valence-corrected chi connectivity index (χ2v) is 10.5. The Morgan fingerprint density at radius 2 is 1.73 bits per heavy atom. The zero-order valence-electron chi connectivity index (χ0n) is 17.3. The summed E-state index contributed by atoms with van der Waals surface area (Å²) in [5.41, 5.74) is 3.25. The van der Waals surface area contributed by atoms with Crippen LogP contribution in [-0.4, -0.2) is 20.1 Å². The molecule has 1 unspecified atom stereocenters. The third-order valence-corrected chi connectivity index (χ3v) is 7.63. The second kappa shape index (κ2) is 10.0. The summed E-state index contributed by atoms with van der Waals surface area (Å²) in [7, 11) is -3.50. The Hall–Kier alpha value is -2.44. The molecule has 1 N–H and O–H groups in total. The fraction of sp³-hybridized carbons (Fsp3) is 0.292. The van der Waals surface area contributed by atoms with Crippen LogP contribution in [0.2, 0.25) is 0 Å². The van der Waals surface area contributed by atoms with E-state index in [1.807, 2.05) is 36.6 Å². The molecule has 1 amide bonds. The summed E-state index contributed by atoms with van der Waals surface area (Å²) in [5, 5.41) is 5.00. The van der Waals surface area contributed by atoms with E-state index >= 15 is 0 Å². The third kappa shape index (κ3) is 5.80. The van der Waals surface area contributed by atoms with Gasteiger partial charge in [0.05, 0.1) is 16.7 Å². The van der Waals surface area contributed by atoms with E-state index in [2.05, 4.69) is 24.4 Å². The number of sulfone groups is 1. The summed E-state index contributed by atoms with van der Waals surface area (Å²) in [5.74, 6) is -0.490. The first-order valence-corrected chi connectivity index (χ1v) is 12.6. The molecule has 6 heteroatoms. The molecule has 158 valence electrons. The maximum atomic E-state index is 12.7. The van der Waals surface area contributed by atoms with Gasteiger partial charge in [-0.3, -0.25) is 4.79 Å². The van der Waals surface area contributed by atoms with Crippen molar-refractivity contribution >= 4 is 27.1 Å². The van der Waals surface area contributed by atoms with Crippen molar-refractivity contribution in [1.29, 1.82) is 0 Å². The summed E-state index contributed by atoms with van der Waals surface area (Å²) < 4.78 is 25.1. The van der Waals surface area contributed by atoms with Crippen molar-refractivity contribution in [2.45, 2.75) is 44.0 Å². The SMILES string of the molecule is CCCc1ccc(C(NC(=O)CCS(=O)(=O)c2ccc(C)cc2)c2cccs2)cc1. The van der Waals surface area contributed by atoms with E-state index < -0.39 is 9.84 Å². The summed E-state index contributed by atoms with van der Waals surface area (Å²) in [4.78, 5) is 13.9. The van der Waals surface area contributed by atoms with Crippen LogP contribution in [0.1, 0.15) is 47.4 Å². The Kier molecular flexibility index (Phi) is 7.45. The molecule has 0 aliphatic heterocycles. The lowest BCUT2D eigenvalue weighted by Gasteiger charge is -2.19. The molecule has 4 nitrogen and oxygen atoms in total. The molecule has 0 bridgehead atoms. The van der Waals surface area contributed by atoms with E-state index in [-0.39, 0.29) is 29.0 Å². The van der Waals surface area contributed by atoms with Crippen LogP contribution >= 0.6 is 11.3 Å². The van der Waals surface area contributed by atoms with Crippen LogP contribution in [0.25, 0.3) is 0 Å². The zero-order chi connectivity index (χ0) is 21.6. The van der Waals surface area contributed by atoms with Crippen molar-refractivity contribution in [3.8, 4) is 0 Å². The molecule has 0 aliphatic rings. The average molecular weight is 442 g/mol. The molecule has 30 heavy (non-hydrogen) atoms. The normalized spacial score (nSPS) is 12.5. The quantitative estimate of drug-likeness (QED) is 0.504. The van der Waals surface area contributed by atoms with Gasteiger partial charge in [-0.05, 0) is 48.1 Å². The van der Waals surface area contributed by atoms with Gasteiger partial charge in [-0.25, -0.2) is 8.42 Å². The Morgan fingerprint density at radius 1 is 1.03 bits per heavy atom. The van der Waals surface area contributed by atoms with Crippen LogP contribution in [0.5, 0.6) is 0 Å². The summed E-state index contributed by atoms with van der Waals surface area (Å²) in [6, 6.07) is 18.6. The maximum absolute atomic E-state index is 12.7. The number of amides is 1. The van der Waals surface area contributed by atoms with Crippen molar-refractivity contribution in [3.05, 3.63) is 87.6 Å². The van der Waals surface area contributed by atoms with Gasteiger partial charge in [-0.1, -0.05) is 61.4 Å². The molecule has 3 rings (SSSR count). The monoisotopic (exact) mass is 441 g/mol. The number of carbonyl (C=O) groups is 1. The highest BCUT2D eigenvalue weighted by molar-refractivity contribution is 7.91. The Bertz CT molecular complexity index is 1050. The molecule has 1 atom stereocenters. The van der Waals surface area contributed by atoms with E-state index in [1.54, 1.807) is 35.6 Å². The topological polar surface area (TPSA) is 63.2 Å². The Labute approximate surface area is 182 Å². The first-order valence-electron chi connectivity index (χ1n) is 10.1. The molecule has 0 spiro atoms. The van der Waals surface area contributed by atoms with E-state index in [9.17, 15) is 13.2 Å². The molecule has 0 saturated heterocycles. The first-order chi connectivity index (χ1) is 14.4. The van der Waals surface area contributed by atoms with Crippen LogP contribution in [-0.2, 0) is 21.1 Å². The molecule has 2 aromatic carbocycles. The number of thiophene rings is 1. The lowest BCUT2D eigenvalue weighted by atomic mass is 10.0. The molecule has 0 aliphatic carbocycles. The van der Waals surface area contributed by atoms with Crippen molar-refractivity contribution < 1.29 is 13.2 Å². The minimum absolute atomic E-state index is 0.0774. The number of nitrogens with one attached hydrogen (secondary N) is 1. The van der Waals surface area contributed by atoms with Gasteiger partial charge >= 0.3 is 0 Å². The molecular formula is C24H27NO3S2. The van der Waals surface area contributed by atoms with E-state index in [1.165, 1.54) is 5.56 Å². The van der Waals surface area contributed by atoms with Gasteiger partial charge in [-0.2, -0.15) is 0 Å². The van der Waals surface area contributed by atoms with E-state index in [0.29, 0.717) is 0 Å². The fourth-order valence-electron chi connectivity index (χ4n) is 3.26. The number of rotatable bonds is 9. The van der Waals surface area contributed by atoms with Crippen LogP contribution in [0.4, 0.5) is 0 Å². The van der Waals surface area contributed by atoms with E-state index in [4.69, 9.17) is 0 Å². The molecule has 3 aromatic rings. The van der Waals surface area contributed by atoms with Gasteiger partial charge < -0.3 is 5.32 Å². The summed E-state index contributed by atoms with van der Waals surface area (Å²) in [6.07, 6.45) is 2.03. The van der Waals surface area contributed by atoms with Crippen molar-refractivity contribution in [1.82, 2.24) is 5.32 Å². The smallest absolute Gasteiger partial charge is 0.221 e. The molecular weight excluding hydrogens is 414 g/mol. The van der Waals surface area contributed by atoms with Gasteiger partial charge in [0.1, 0.15) is 0 Å². The minimum atomic E-state index is -3.50. The highest BCUT2D eigenvalue weighted by Crippen LogP contribution is 2.27. The van der Waals surface area contributed by atoms with Gasteiger partial charge in [-0.15, -0.1) is 11.3 Å². The zero-order valence-corrected chi connectivity index (χ0v) is 18.9. The standard InChI is InChI=1S/C24H27NO3S2/c1-3-5-19-9-11-20(12-10-19)24(22-6-4-16-29-22)25-23(26)15-17-30(27,28)21-13-7-18(2)8-14-21/h4,6-14,16,24H,3,5,15,17H2,1-2H3,(H,25,26). The summed E-state index contributed by atoms with van der Waals surface area (Å²) >= 11 is 1.57. The number of hydrogen-bond donors (Lipinski definition) is 1. The van der Waals surface area contributed by atoms with Gasteiger partial charge in [0.15, 0.2) is 9.84 Å². The van der Waals surface area contributed by atoms with Gasteiger partial charge in [0, 0.05) is 11.3 Å². The van der Waals surface area contributed by atoms with Crippen molar-refractivity contribution in [3.63, 3.8) is 0 Å². The molecule has 1 heterocycles. The first kappa shape index (κ1) is 22.2. The van der Waals surface area contributed by atoms with Crippen molar-refractivity contribution in [2.75, 3.05) is 5.75 Å². The Morgan fingerprint density at radius 3 is 2.33 bits per heavy atom. The number of benzene rings is 2. The average Bonchev–Trinajstić information content (AvgIpc) is 3.26. The van der Waals surface area contributed by atoms with Crippen LogP contribution < -0.4 is 5.32 Å². The Balaban J connectivity index is 1.70. The molecule has 0 radical (unpaired) electrons. The predicted octanol–water partition coefficient (Wildman–Crippen LogP) is 5.08. The minimum Gasteiger partial charge on any atom is -0.344 e. The lowest BCUT2D eigenvalue weighted by molar-refractivity contribution is -0.121. The van der Waals surface area contributed by atoms with Crippen LogP contribution in [0.3, 0.4) is 0 Å². The molecule has 0 fully saturated rings. The van der Waals surface area contributed by atoms with Crippen LogP contribution in [0.15, 0.2) is 70.9 Å². The lowest BCUT2D eigenvalue weighted by Crippen LogP contribution is -2.30. The summed E-state index contributed by atoms with van der Waals surface area (Å²) in [6.45, 7) is 4.05. The van der Waals surface area contributed by atoms with Crippen LogP contribution in [0, 0.1) is 6.92 Å². The van der Waals surface area contributed by atoms with Crippen molar-refractivity contribution in [2.24, 2.45) is 0 Å². The fourth-order valence-corrected chi connectivity index (χ4v) is 5.31. The third-order valence-electron chi connectivity index (χ3n) is 4.96. The van der Waals surface area contributed by atoms with E-state index in [0.717, 1.165) is 28.8 Å². The van der Waals surface area contributed by atoms with Gasteiger partial charge in [0.25, 0.3) is 0 Å². The number of carbonyl (C=O) groups excluding carboxylic acids is 1. The van der Waals surface area contributed by atoms with Gasteiger partial charge in [0.2, 0.25) is 5.91 Å². The number of aryl methyl sites for hydroxylation is 2. The highest BCUT2D eigenvalue weighted by Gasteiger charge is 2.21.